The van der Waals surface area contributed by atoms with Crippen molar-refractivity contribution in [3.63, 3.8) is 0 Å². The first-order valence-corrected chi connectivity index (χ1v) is 7.42. The smallest absolute Gasteiger partial charge is 0.293 e. The number of nitrogens with zero attached hydrogens (tertiary/aromatic N) is 3. The zero-order valence-corrected chi connectivity index (χ0v) is 13.4. The second kappa shape index (κ2) is 6.04. The van der Waals surface area contributed by atoms with Crippen molar-refractivity contribution in [2.45, 2.75) is 20.8 Å². The number of hydrogen-bond donors (Lipinski definition) is 1. The maximum absolute atomic E-state index is 12.5. The first-order valence-electron chi connectivity index (χ1n) is 7.42. The van der Waals surface area contributed by atoms with Gasteiger partial charge in [-0.1, -0.05) is 24.3 Å². The average molecular weight is 306 g/mol. The second-order valence-electron chi connectivity index (χ2n) is 5.53. The minimum Gasteiger partial charge on any atom is -0.293 e. The summed E-state index contributed by atoms with van der Waals surface area (Å²) in [6.07, 6.45) is 0. The third kappa shape index (κ3) is 2.99. The largest absolute Gasteiger partial charge is 0.299 e. The van der Waals surface area contributed by atoms with E-state index < -0.39 is 0 Å². The molecule has 0 fully saturated rings. The molecule has 23 heavy (non-hydrogen) atoms. The van der Waals surface area contributed by atoms with Crippen LogP contribution in [0.1, 0.15) is 16.8 Å². The van der Waals surface area contributed by atoms with Crippen molar-refractivity contribution in [3.8, 4) is 5.69 Å². The summed E-state index contributed by atoms with van der Waals surface area (Å²) >= 11 is 0. The fourth-order valence-electron chi connectivity index (χ4n) is 2.31. The van der Waals surface area contributed by atoms with Crippen LogP contribution in [0.2, 0.25) is 0 Å². The van der Waals surface area contributed by atoms with Gasteiger partial charge in [0.1, 0.15) is 0 Å². The fraction of sp³-hybridized carbons (Fsp3) is 0.167. The number of rotatable bonds is 3. The summed E-state index contributed by atoms with van der Waals surface area (Å²) in [4.78, 5) is 12.5. The summed E-state index contributed by atoms with van der Waals surface area (Å²) in [6, 6.07) is 15.2. The molecule has 1 heterocycles. The van der Waals surface area contributed by atoms with Crippen LogP contribution in [0.5, 0.6) is 0 Å². The number of aryl methyl sites for hydroxylation is 3. The van der Waals surface area contributed by atoms with Crippen molar-refractivity contribution >= 4 is 11.4 Å². The molecule has 1 aromatic heterocycles. The highest BCUT2D eigenvalue weighted by molar-refractivity contribution is 5.46. The Hall–Kier alpha value is -2.95. The lowest BCUT2D eigenvalue weighted by Crippen LogP contribution is -2.13. The SMILES string of the molecule is Cc1ccc(N=Nc2c(C)[nH]n(-c3ccccc3)c2=O)cc1C. The van der Waals surface area contributed by atoms with E-state index in [2.05, 4.69) is 15.3 Å². The monoisotopic (exact) mass is 306 g/mol. The third-order valence-corrected chi connectivity index (χ3v) is 3.81. The highest BCUT2D eigenvalue weighted by atomic mass is 16.1. The van der Waals surface area contributed by atoms with E-state index in [0.717, 1.165) is 16.9 Å². The third-order valence-electron chi connectivity index (χ3n) is 3.81. The maximum Gasteiger partial charge on any atom is 0.299 e. The van der Waals surface area contributed by atoms with Crippen molar-refractivity contribution in [2.24, 2.45) is 10.2 Å². The summed E-state index contributed by atoms with van der Waals surface area (Å²) in [5.41, 5.74) is 4.66. The van der Waals surface area contributed by atoms with Crippen molar-refractivity contribution in [1.82, 2.24) is 9.78 Å². The Labute approximate surface area is 134 Å². The fourth-order valence-corrected chi connectivity index (χ4v) is 2.31. The summed E-state index contributed by atoms with van der Waals surface area (Å²) in [6.45, 7) is 5.89. The number of hydrogen-bond acceptors (Lipinski definition) is 3. The second-order valence-corrected chi connectivity index (χ2v) is 5.53. The number of para-hydroxylation sites is 1. The molecule has 0 amide bonds. The molecule has 3 rings (SSSR count). The van der Waals surface area contributed by atoms with E-state index in [1.54, 1.807) is 0 Å². The molecule has 0 spiro atoms. The van der Waals surface area contributed by atoms with E-state index in [1.807, 2.05) is 69.3 Å². The van der Waals surface area contributed by atoms with Crippen molar-refractivity contribution < 1.29 is 0 Å². The van der Waals surface area contributed by atoms with Crippen LogP contribution in [0.4, 0.5) is 11.4 Å². The molecule has 0 saturated carbocycles. The van der Waals surface area contributed by atoms with Gasteiger partial charge in [-0.15, -0.1) is 5.11 Å². The van der Waals surface area contributed by atoms with Gasteiger partial charge in [0.2, 0.25) is 0 Å². The Kier molecular flexibility index (Phi) is 3.93. The molecular weight excluding hydrogens is 288 g/mol. The minimum absolute atomic E-state index is 0.207. The van der Waals surface area contributed by atoms with E-state index in [1.165, 1.54) is 10.2 Å². The van der Waals surface area contributed by atoms with Gasteiger partial charge < -0.3 is 0 Å². The molecule has 0 radical (unpaired) electrons. The quantitative estimate of drug-likeness (QED) is 0.711. The van der Waals surface area contributed by atoms with Crippen molar-refractivity contribution in [3.05, 3.63) is 75.7 Å². The summed E-state index contributed by atoms with van der Waals surface area (Å²) in [5.74, 6) is 0. The standard InChI is InChI=1S/C18H18N4O/c1-12-9-10-15(11-13(12)2)19-20-17-14(3)21-22(18(17)23)16-7-5-4-6-8-16/h4-11,21H,1-3H3. The topological polar surface area (TPSA) is 62.5 Å². The van der Waals surface area contributed by atoms with Crippen LogP contribution in [0.25, 0.3) is 5.69 Å². The van der Waals surface area contributed by atoms with Crippen molar-refractivity contribution in [2.75, 3.05) is 0 Å². The lowest BCUT2D eigenvalue weighted by molar-refractivity contribution is 0.835. The zero-order valence-electron chi connectivity index (χ0n) is 13.4. The Morgan fingerprint density at radius 3 is 2.35 bits per heavy atom. The number of nitrogens with one attached hydrogen (secondary N) is 1. The highest BCUT2D eigenvalue weighted by Gasteiger charge is 2.11. The predicted molar refractivity (Wildman–Crippen MR) is 91.2 cm³/mol. The van der Waals surface area contributed by atoms with Gasteiger partial charge in [0.15, 0.2) is 5.69 Å². The van der Waals surface area contributed by atoms with E-state index in [4.69, 9.17) is 0 Å². The van der Waals surface area contributed by atoms with Crippen LogP contribution < -0.4 is 5.56 Å². The molecule has 0 aliphatic carbocycles. The predicted octanol–water partition coefficient (Wildman–Crippen LogP) is 4.51. The molecule has 2 aromatic carbocycles. The van der Waals surface area contributed by atoms with E-state index in [0.29, 0.717) is 11.4 Å². The number of azo groups is 1. The molecule has 0 bridgehead atoms. The van der Waals surface area contributed by atoms with Crippen LogP contribution in [0, 0.1) is 20.8 Å². The average Bonchev–Trinajstić information content (AvgIpc) is 2.84. The van der Waals surface area contributed by atoms with E-state index in [9.17, 15) is 4.79 Å². The normalized spacial score (nSPS) is 11.3. The lowest BCUT2D eigenvalue weighted by atomic mass is 10.1. The van der Waals surface area contributed by atoms with Gasteiger partial charge in [-0.05, 0) is 56.2 Å². The van der Waals surface area contributed by atoms with Crippen LogP contribution in [-0.4, -0.2) is 9.78 Å². The lowest BCUT2D eigenvalue weighted by Gasteiger charge is -1.99. The zero-order chi connectivity index (χ0) is 16.4. The molecule has 0 atom stereocenters. The van der Waals surface area contributed by atoms with Crippen LogP contribution in [0.15, 0.2) is 63.6 Å². The number of H-pyrrole nitrogens is 1. The summed E-state index contributed by atoms with van der Waals surface area (Å²) < 4.78 is 1.48. The van der Waals surface area contributed by atoms with Gasteiger partial charge in [0.05, 0.1) is 17.1 Å². The number of aromatic nitrogens is 2. The molecule has 0 aliphatic heterocycles. The Morgan fingerprint density at radius 1 is 0.913 bits per heavy atom. The molecular formula is C18H18N4O. The van der Waals surface area contributed by atoms with Crippen molar-refractivity contribution in [1.29, 1.82) is 0 Å². The van der Waals surface area contributed by atoms with Crippen LogP contribution in [-0.2, 0) is 0 Å². The first-order chi connectivity index (χ1) is 11.1. The molecule has 0 unspecified atom stereocenters. The molecule has 0 saturated heterocycles. The maximum atomic E-state index is 12.5. The molecule has 5 nitrogen and oxygen atoms in total. The minimum atomic E-state index is -0.207. The Balaban J connectivity index is 1.98. The first kappa shape index (κ1) is 15.0. The van der Waals surface area contributed by atoms with E-state index in [-0.39, 0.29) is 5.56 Å². The summed E-state index contributed by atoms with van der Waals surface area (Å²) in [7, 11) is 0. The number of aromatic amines is 1. The van der Waals surface area contributed by atoms with Gasteiger partial charge in [-0.2, -0.15) is 5.11 Å². The highest BCUT2D eigenvalue weighted by Crippen LogP contribution is 2.21. The van der Waals surface area contributed by atoms with Gasteiger partial charge in [0, 0.05) is 0 Å². The molecule has 3 aromatic rings. The molecule has 0 aliphatic rings. The Morgan fingerprint density at radius 2 is 1.65 bits per heavy atom. The van der Waals surface area contributed by atoms with Gasteiger partial charge in [-0.3, -0.25) is 9.89 Å². The Bertz CT molecular complexity index is 920. The number of benzene rings is 2. The molecule has 116 valence electrons. The van der Waals surface area contributed by atoms with Gasteiger partial charge in [-0.25, -0.2) is 4.68 Å². The van der Waals surface area contributed by atoms with E-state index >= 15 is 0 Å². The van der Waals surface area contributed by atoms with Crippen LogP contribution in [0.3, 0.4) is 0 Å². The summed E-state index contributed by atoms with van der Waals surface area (Å²) in [5, 5.41) is 11.4. The van der Waals surface area contributed by atoms with Crippen LogP contribution >= 0.6 is 0 Å². The van der Waals surface area contributed by atoms with Gasteiger partial charge in [0.25, 0.3) is 5.56 Å². The molecule has 5 heteroatoms. The van der Waals surface area contributed by atoms with Gasteiger partial charge >= 0.3 is 0 Å². The molecule has 1 N–H and O–H groups in total.